The van der Waals surface area contributed by atoms with Crippen LogP contribution < -0.4 is 5.73 Å². The predicted molar refractivity (Wildman–Crippen MR) is 89.8 cm³/mol. The second-order valence-electron chi connectivity index (χ2n) is 5.63. The number of nitrogens with two attached hydrogens (primary N) is 1. The lowest BCUT2D eigenvalue weighted by Gasteiger charge is -2.36. The fourth-order valence-corrected chi connectivity index (χ4v) is 3.07. The van der Waals surface area contributed by atoms with Crippen LogP contribution in [-0.2, 0) is 11.3 Å². The summed E-state index contributed by atoms with van der Waals surface area (Å²) in [6.45, 7) is 3.18. The molecule has 0 bridgehead atoms. The van der Waals surface area contributed by atoms with E-state index in [1.165, 1.54) is 6.42 Å². The van der Waals surface area contributed by atoms with Gasteiger partial charge in [0.05, 0.1) is 5.54 Å². The van der Waals surface area contributed by atoms with E-state index in [9.17, 15) is 4.79 Å². The van der Waals surface area contributed by atoms with Crippen molar-refractivity contribution in [1.82, 2.24) is 4.90 Å². The minimum absolute atomic E-state index is 0. The fraction of sp³-hybridized carbons (Fsp3) is 0.562. The van der Waals surface area contributed by atoms with E-state index in [2.05, 4.69) is 0 Å². The fourth-order valence-electron chi connectivity index (χ4n) is 2.87. The zero-order valence-electron chi connectivity index (χ0n) is 12.5. The molecule has 2 N–H and O–H groups in total. The number of carbonyl (C=O) groups excluding carboxylic acids is 1. The number of halogens is 2. The Hall–Kier alpha value is -0.770. The number of nitrogens with zero attached hydrogens (tertiary/aromatic N) is 1. The van der Waals surface area contributed by atoms with Crippen LogP contribution >= 0.6 is 24.0 Å². The molecule has 0 aliphatic heterocycles. The molecule has 0 aromatic heterocycles. The van der Waals surface area contributed by atoms with Gasteiger partial charge in [-0.2, -0.15) is 0 Å². The minimum Gasteiger partial charge on any atom is -0.337 e. The van der Waals surface area contributed by atoms with E-state index in [1.54, 1.807) is 0 Å². The van der Waals surface area contributed by atoms with E-state index < -0.39 is 5.54 Å². The van der Waals surface area contributed by atoms with Crippen molar-refractivity contribution in [2.24, 2.45) is 5.73 Å². The molecule has 0 radical (unpaired) electrons. The minimum atomic E-state index is -0.671. The molecule has 1 aliphatic rings. The zero-order valence-corrected chi connectivity index (χ0v) is 14.1. The lowest BCUT2D eigenvalue weighted by molar-refractivity contribution is -0.138. The molecule has 1 fully saturated rings. The van der Waals surface area contributed by atoms with Gasteiger partial charge in [0.1, 0.15) is 0 Å². The summed E-state index contributed by atoms with van der Waals surface area (Å²) in [4.78, 5) is 14.6. The van der Waals surface area contributed by atoms with E-state index >= 15 is 0 Å². The van der Waals surface area contributed by atoms with E-state index in [-0.39, 0.29) is 18.3 Å². The highest BCUT2D eigenvalue weighted by Crippen LogP contribution is 2.28. The molecule has 0 saturated heterocycles. The van der Waals surface area contributed by atoms with Crippen LogP contribution in [0.4, 0.5) is 0 Å². The third-order valence-electron chi connectivity index (χ3n) is 4.16. The summed E-state index contributed by atoms with van der Waals surface area (Å²) in [7, 11) is 0. The Kier molecular flexibility index (Phi) is 6.98. The van der Waals surface area contributed by atoms with Crippen LogP contribution in [0.2, 0.25) is 5.02 Å². The number of hydrogen-bond acceptors (Lipinski definition) is 2. The van der Waals surface area contributed by atoms with Crippen molar-refractivity contribution in [1.29, 1.82) is 0 Å². The Morgan fingerprint density at radius 2 is 1.90 bits per heavy atom. The second kappa shape index (κ2) is 8.02. The van der Waals surface area contributed by atoms with Crippen LogP contribution in [0.1, 0.15) is 44.6 Å². The summed E-state index contributed by atoms with van der Waals surface area (Å²) >= 11 is 6.18. The lowest BCUT2D eigenvalue weighted by atomic mass is 9.81. The largest absolute Gasteiger partial charge is 0.337 e. The first-order valence-electron chi connectivity index (χ1n) is 7.38. The van der Waals surface area contributed by atoms with Crippen LogP contribution in [0.5, 0.6) is 0 Å². The quantitative estimate of drug-likeness (QED) is 0.913. The van der Waals surface area contributed by atoms with Crippen molar-refractivity contribution in [2.75, 3.05) is 6.54 Å². The molecule has 0 unspecified atom stereocenters. The number of hydrogen-bond donors (Lipinski definition) is 1. The van der Waals surface area contributed by atoms with Crippen molar-refractivity contribution in [2.45, 2.75) is 51.1 Å². The topological polar surface area (TPSA) is 46.3 Å². The zero-order chi connectivity index (χ0) is 14.6. The van der Waals surface area contributed by atoms with Gasteiger partial charge in [-0.3, -0.25) is 4.79 Å². The maximum Gasteiger partial charge on any atom is 0.242 e. The first-order chi connectivity index (χ1) is 9.57. The van der Waals surface area contributed by atoms with Gasteiger partial charge in [0.25, 0.3) is 0 Å². The molecule has 2 rings (SSSR count). The van der Waals surface area contributed by atoms with Gasteiger partial charge in [-0.1, -0.05) is 49.1 Å². The summed E-state index contributed by atoms with van der Waals surface area (Å²) in [5, 5.41) is 0.702. The van der Waals surface area contributed by atoms with E-state index in [4.69, 9.17) is 17.3 Å². The third kappa shape index (κ3) is 4.35. The van der Waals surface area contributed by atoms with Gasteiger partial charge in [0, 0.05) is 18.1 Å². The average Bonchev–Trinajstić information content (AvgIpc) is 2.46. The Balaban J connectivity index is 0.00000220. The Morgan fingerprint density at radius 1 is 1.29 bits per heavy atom. The number of rotatable bonds is 4. The highest BCUT2D eigenvalue weighted by molar-refractivity contribution is 6.31. The first kappa shape index (κ1) is 18.3. The number of benzene rings is 1. The number of likely N-dealkylation sites (N-methyl/N-ethyl adjacent to an activating group) is 1. The highest BCUT2D eigenvalue weighted by atomic mass is 35.5. The Labute approximate surface area is 138 Å². The van der Waals surface area contributed by atoms with Gasteiger partial charge in [0.15, 0.2) is 0 Å². The average molecular weight is 331 g/mol. The maximum atomic E-state index is 12.7. The molecule has 1 aromatic rings. The molecule has 1 aliphatic carbocycles. The number of carbonyl (C=O) groups is 1. The van der Waals surface area contributed by atoms with Crippen molar-refractivity contribution >= 4 is 29.9 Å². The van der Waals surface area contributed by atoms with Crippen LogP contribution in [0, 0.1) is 0 Å². The van der Waals surface area contributed by atoms with Crippen LogP contribution in [0.3, 0.4) is 0 Å². The van der Waals surface area contributed by atoms with Crippen LogP contribution in [-0.4, -0.2) is 22.9 Å². The summed E-state index contributed by atoms with van der Waals surface area (Å²) < 4.78 is 0. The Morgan fingerprint density at radius 3 is 2.48 bits per heavy atom. The molecule has 118 valence electrons. The first-order valence-corrected chi connectivity index (χ1v) is 7.76. The Bertz CT molecular complexity index is 473. The van der Waals surface area contributed by atoms with Crippen LogP contribution in [0.15, 0.2) is 24.3 Å². The summed E-state index contributed by atoms with van der Waals surface area (Å²) in [5.74, 6) is 0.0691. The molecule has 1 amide bonds. The molecular weight excluding hydrogens is 307 g/mol. The maximum absolute atomic E-state index is 12.7. The lowest BCUT2D eigenvalue weighted by Crippen LogP contribution is -2.56. The van der Waals surface area contributed by atoms with E-state index in [1.807, 2.05) is 36.1 Å². The second-order valence-corrected chi connectivity index (χ2v) is 6.03. The number of amides is 1. The van der Waals surface area contributed by atoms with Crippen LogP contribution in [0.25, 0.3) is 0 Å². The van der Waals surface area contributed by atoms with Gasteiger partial charge in [0.2, 0.25) is 5.91 Å². The molecule has 0 atom stereocenters. The molecule has 5 heteroatoms. The van der Waals surface area contributed by atoms with Crippen molar-refractivity contribution in [3.05, 3.63) is 34.9 Å². The SMILES string of the molecule is CCN(Cc1ccccc1Cl)C(=O)C1(N)CCCCC1.Cl. The standard InChI is InChI=1S/C16H23ClN2O.ClH/c1-2-19(12-13-8-4-5-9-14(13)17)15(20)16(18)10-6-3-7-11-16;/h4-5,8-9H,2-3,6-7,10-12,18H2,1H3;1H. The van der Waals surface area contributed by atoms with Gasteiger partial charge >= 0.3 is 0 Å². The van der Waals surface area contributed by atoms with Crippen molar-refractivity contribution in [3.63, 3.8) is 0 Å². The smallest absolute Gasteiger partial charge is 0.242 e. The molecule has 0 heterocycles. The normalized spacial score (nSPS) is 16.9. The van der Waals surface area contributed by atoms with Gasteiger partial charge < -0.3 is 10.6 Å². The summed E-state index contributed by atoms with van der Waals surface area (Å²) in [6, 6.07) is 7.66. The molecule has 21 heavy (non-hydrogen) atoms. The molecule has 1 saturated carbocycles. The third-order valence-corrected chi connectivity index (χ3v) is 4.53. The van der Waals surface area contributed by atoms with E-state index in [0.29, 0.717) is 18.1 Å². The molecular formula is C16H24Cl2N2O. The highest BCUT2D eigenvalue weighted by Gasteiger charge is 2.37. The van der Waals surface area contributed by atoms with Crippen molar-refractivity contribution in [3.8, 4) is 0 Å². The molecule has 0 spiro atoms. The van der Waals surface area contributed by atoms with E-state index in [0.717, 1.165) is 31.2 Å². The summed E-state index contributed by atoms with van der Waals surface area (Å²) in [6.07, 6.45) is 4.87. The van der Waals surface area contributed by atoms with Gasteiger partial charge in [-0.15, -0.1) is 12.4 Å². The predicted octanol–water partition coefficient (Wildman–Crippen LogP) is 3.77. The molecule has 3 nitrogen and oxygen atoms in total. The monoisotopic (exact) mass is 330 g/mol. The summed E-state index contributed by atoms with van der Waals surface area (Å²) in [5.41, 5.74) is 6.65. The molecule has 1 aromatic carbocycles. The van der Waals surface area contributed by atoms with Gasteiger partial charge in [-0.05, 0) is 31.4 Å². The van der Waals surface area contributed by atoms with Crippen molar-refractivity contribution < 1.29 is 4.79 Å². The van der Waals surface area contributed by atoms with Gasteiger partial charge in [-0.25, -0.2) is 0 Å².